The quantitative estimate of drug-likeness (QED) is 0.592. The Labute approximate surface area is 152 Å². The molecule has 26 heavy (non-hydrogen) atoms. The van der Waals surface area contributed by atoms with Crippen LogP contribution >= 0.6 is 0 Å². The molecular weight excluding hydrogens is 332 g/mol. The molecule has 1 atom stereocenters. The number of hydrogen-bond donors (Lipinski definition) is 0. The zero-order valence-corrected chi connectivity index (χ0v) is 14.8. The zero-order valence-electron chi connectivity index (χ0n) is 14.8. The third-order valence-corrected chi connectivity index (χ3v) is 4.49. The summed E-state index contributed by atoms with van der Waals surface area (Å²) in [6.07, 6.45) is 3.13. The third kappa shape index (κ3) is 3.75. The van der Waals surface area contributed by atoms with Crippen molar-refractivity contribution in [3.8, 4) is 0 Å². The highest BCUT2D eigenvalue weighted by Gasteiger charge is 2.30. The molecule has 0 bridgehead atoms. The Hall–Kier alpha value is -2.73. The molecule has 0 aromatic heterocycles. The first-order chi connectivity index (χ1) is 12.6. The van der Waals surface area contributed by atoms with Crippen LogP contribution in [-0.2, 0) is 11.2 Å². The van der Waals surface area contributed by atoms with Crippen molar-refractivity contribution < 1.29 is 14.5 Å². The predicted molar refractivity (Wildman–Crippen MR) is 99.3 cm³/mol. The van der Waals surface area contributed by atoms with E-state index >= 15 is 0 Å². The number of anilines is 1. The summed E-state index contributed by atoms with van der Waals surface area (Å²) in [4.78, 5) is 25.3. The van der Waals surface area contributed by atoms with Crippen LogP contribution < -0.4 is 4.90 Å². The summed E-state index contributed by atoms with van der Waals surface area (Å²) in [5.41, 5.74) is 2.36. The summed E-state index contributed by atoms with van der Waals surface area (Å²) < 4.78 is 5.98. The van der Waals surface area contributed by atoms with E-state index in [1.165, 1.54) is 24.3 Å². The molecule has 0 saturated carbocycles. The van der Waals surface area contributed by atoms with Crippen LogP contribution in [0.1, 0.15) is 42.1 Å². The normalized spacial score (nSPS) is 16.7. The number of fused-ring (bicyclic) bond motifs is 1. The maximum atomic E-state index is 13.2. The van der Waals surface area contributed by atoms with E-state index in [0.717, 1.165) is 36.9 Å². The second-order valence-electron chi connectivity index (χ2n) is 6.33. The Morgan fingerprint density at radius 3 is 2.65 bits per heavy atom. The van der Waals surface area contributed by atoms with E-state index in [4.69, 9.17) is 4.74 Å². The minimum absolute atomic E-state index is 0.0309. The van der Waals surface area contributed by atoms with Crippen molar-refractivity contribution in [1.82, 2.24) is 0 Å². The SMILES string of the molecule is CCCOC1CCCc2ccccc2N1C(=O)c1ccc([N+](=O)[O-])cc1. The van der Waals surface area contributed by atoms with E-state index in [-0.39, 0.29) is 17.8 Å². The van der Waals surface area contributed by atoms with Crippen LogP contribution in [-0.4, -0.2) is 23.7 Å². The van der Waals surface area contributed by atoms with E-state index in [2.05, 4.69) is 0 Å². The van der Waals surface area contributed by atoms with Gasteiger partial charge >= 0.3 is 0 Å². The number of amides is 1. The Balaban J connectivity index is 1.98. The summed E-state index contributed by atoms with van der Waals surface area (Å²) in [5.74, 6) is -0.199. The molecule has 1 heterocycles. The van der Waals surface area contributed by atoms with Gasteiger partial charge in [0.25, 0.3) is 11.6 Å². The molecule has 2 aromatic carbocycles. The number of carbonyl (C=O) groups excluding carboxylic acids is 1. The largest absolute Gasteiger partial charge is 0.358 e. The van der Waals surface area contributed by atoms with Crippen LogP contribution in [0.4, 0.5) is 11.4 Å². The van der Waals surface area contributed by atoms with Gasteiger partial charge in [-0.15, -0.1) is 0 Å². The number of benzene rings is 2. The lowest BCUT2D eigenvalue weighted by molar-refractivity contribution is -0.384. The number of para-hydroxylation sites is 1. The summed E-state index contributed by atoms with van der Waals surface area (Å²) in [6.45, 7) is 2.62. The van der Waals surface area contributed by atoms with Gasteiger partial charge in [0, 0.05) is 30.0 Å². The van der Waals surface area contributed by atoms with Gasteiger partial charge < -0.3 is 4.74 Å². The van der Waals surface area contributed by atoms with Gasteiger partial charge in [0.15, 0.2) is 0 Å². The lowest BCUT2D eigenvalue weighted by Gasteiger charge is -2.31. The molecule has 136 valence electrons. The lowest BCUT2D eigenvalue weighted by atomic mass is 10.1. The standard InChI is InChI=1S/C20H22N2O4/c1-2-14-26-19-9-5-7-15-6-3-4-8-18(15)21(19)20(23)16-10-12-17(13-11-16)22(24)25/h3-4,6,8,10-13,19H,2,5,7,9,14H2,1H3. The Bertz CT molecular complexity index is 787. The summed E-state index contributed by atoms with van der Waals surface area (Å²) in [7, 11) is 0. The predicted octanol–water partition coefficient (Wildman–Crippen LogP) is 4.33. The molecule has 0 fully saturated rings. The molecule has 1 aliphatic rings. The molecular formula is C20H22N2O4. The number of carbonyl (C=O) groups is 1. The topological polar surface area (TPSA) is 72.7 Å². The van der Waals surface area contributed by atoms with Gasteiger partial charge in [0.05, 0.1) is 4.92 Å². The van der Waals surface area contributed by atoms with E-state index in [9.17, 15) is 14.9 Å². The molecule has 0 aliphatic carbocycles. The Morgan fingerprint density at radius 2 is 1.96 bits per heavy atom. The van der Waals surface area contributed by atoms with Gasteiger partial charge in [-0.25, -0.2) is 0 Å². The first-order valence-electron chi connectivity index (χ1n) is 8.89. The molecule has 6 nitrogen and oxygen atoms in total. The van der Waals surface area contributed by atoms with Crippen LogP contribution in [0.5, 0.6) is 0 Å². The van der Waals surface area contributed by atoms with Gasteiger partial charge in [-0.1, -0.05) is 25.1 Å². The molecule has 1 unspecified atom stereocenters. The molecule has 0 spiro atoms. The van der Waals surface area contributed by atoms with Crippen molar-refractivity contribution in [1.29, 1.82) is 0 Å². The number of ether oxygens (including phenoxy) is 1. The van der Waals surface area contributed by atoms with Crippen molar-refractivity contribution in [2.24, 2.45) is 0 Å². The Morgan fingerprint density at radius 1 is 1.23 bits per heavy atom. The molecule has 2 aromatic rings. The van der Waals surface area contributed by atoms with Gasteiger partial charge in [-0.3, -0.25) is 19.8 Å². The van der Waals surface area contributed by atoms with Crippen molar-refractivity contribution in [3.63, 3.8) is 0 Å². The summed E-state index contributed by atoms with van der Waals surface area (Å²) in [6, 6.07) is 13.6. The van der Waals surface area contributed by atoms with Crippen molar-refractivity contribution >= 4 is 17.3 Å². The van der Waals surface area contributed by atoms with Gasteiger partial charge in [-0.05, 0) is 49.4 Å². The van der Waals surface area contributed by atoms with Gasteiger partial charge in [0.2, 0.25) is 0 Å². The summed E-state index contributed by atoms with van der Waals surface area (Å²) in [5, 5.41) is 10.9. The van der Waals surface area contributed by atoms with Crippen molar-refractivity contribution in [2.75, 3.05) is 11.5 Å². The molecule has 0 saturated heterocycles. The number of rotatable bonds is 5. The molecule has 6 heteroatoms. The maximum Gasteiger partial charge on any atom is 0.269 e. The van der Waals surface area contributed by atoms with Gasteiger partial charge in [0.1, 0.15) is 6.23 Å². The third-order valence-electron chi connectivity index (χ3n) is 4.49. The van der Waals surface area contributed by atoms with Gasteiger partial charge in [-0.2, -0.15) is 0 Å². The molecule has 3 rings (SSSR count). The second kappa shape index (κ2) is 8.10. The van der Waals surface area contributed by atoms with Crippen LogP contribution in [0.3, 0.4) is 0 Å². The minimum atomic E-state index is -0.470. The number of aryl methyl sites for hydroxylation is 1. The fraction of sp³-hybridized carbons (Fsp3) is 0.350. The summed E-state index contributed by atoms with van der Waals surface area (Å²) >= 11 is 0. The van der Waals surface area contributed by atoms with E-state index < -0.39 is 4.92 Å². The van der Waals surface area contributed by atoms with E-state index in [1.54, 1.807) is 4.90 Å². The first-order valence-corrected chi connectivity index (χ1v) is 8.89. The monoisotopic (exact) mass is 354 g/mol. The number of nitro groups is 1. The van der Waals surface area contributed by atoms with E-state index in [1.807, 2.05) is 31.2 Å². The second-order valence-corrected chi connectivity index (χ2v) is 6.33. The first kappa shape index (κ1) is 18.1. The molecule has 0 N–H and O–H groups in total. The highest BCUT2D eigenvalue weighted by molar-refractivity contribution is 6.07. The van der Waals surface area contributed by atoms with Crippen LogP contribution in [0.2, 0.25) is 0 Å². The van der Waals surface area contributed by atoms with E-state index in [0.29, 0.717) is 12.2 Å². The number of non-ortho nitro benzene ring substituents is 1. The fourth-order valence-electron chi connectivity index (χ4n) is 3.23. The molecule has 1 aliphatic heterocycles. The average Bonchev–Trinajstić information content (AvgIpc) is 2.85. The highest BCUT2D eigenvalue weighted by atomic mass is 16.6. The molecule has 1 amide bonds. The van der Waals surface area contributed by atoms with Crippen molar-refractivity contribution in [3.05, 3.63) is 69.8 Å². The highest BCUT2D eigenvalue weighted by Crippen LogP contribution is 2.31. The maximum absolute atomic E-state index is 13.2. The van der Waals surface area contributed by atoms with Crippen LogP contribution in [0.15, 0.2) is 48.5 Å². The minimum Gasteiger partial charge on any atom is -0.358 e. The lowest BCUT2D eigenvalue weighted by Crippen LogP contribution is -2.42. The fourth-order valence-corrected chi connectivity index (χ4v) is 3.23. The van der Waals surface area contributed by atoms with Crippen LogP contribution in [0, 0.1) is 10.1 Å². The van der Waals surface area contributed by atoms with Crippen molar-refractivity contribution in [2.45, 2.75) is 38.8 Å². The number of nitro benzene ring substituents is 1. The smallest absolute Gasteiger partial charge is 0.269 e. The zero-order chi connectivity index (χ0) is 18.5. The molecule has 0 radical (unpaired) electrons. The average molecular weight is 354 g/mol. The van der Waals surface area contributed by atoms with Crippen LogP contribution in [0.25, 0.3) is 0 Å². The Kier molecular flexibility index (Phi) is 5.63. The number of nitrogens with zero attached hydrogens (tertiary/aromatic N) is 2. The number of hydrogen-bond acceptors (Lipinski definition) is 4.